The molecule has 0 amide bonds. The van der Waals surface area contributed by atoms with Gasteiger partial charge in [-0.2, -0.15) is 0 Å². The quantitative estimate of drug-likeness (QED) is 0.505. The maximum atomic E-state index is 6.20. The number of nitrogens with two attached hydrogens (primary N) is 1. The van der Waals surface area contributed by atoms with E-state index in [2.05, 4.69) is 41.5 Å². The molecule has 112 valence electrons. The van der Waals surface area contributed by atoms with Crippen LogP contribution in [0.2, 0.25) is 0 Å². The average Bonchev–Trinajstić information content (AvgIpc) is 2.95. The van der Waals surface area contributed by atoms with E-state index in [0.717, 1.165) is 24.1 Å². The predicted molar refractivity (Wildman–Crippen MR) is 85.4 cm³/mol. The standard InChI is InChI=1S/C17H34N2/c1-12(2)9-14(5)11-16(18)19-17(7-8-17)15(6)10-13(3)4/h12-15H,7-11H2,1-6H3,(H2,18,19). The highest BCUT2D eigenvalue weighted by atomic mass is 15.0. The van der Waals surface area contributed by atoms with Gasteiger partial charge < -0.3 is 5.73 Å². The third-order valence-corrected chi connectivity index (χ3v) is 4.30. The second-order valence-corrected chi connectivity index (χ2v) is 7.68. The molecule has 0 saturated heterocycles. The summed E-state index contributed by atoms with van der Waals surface area (Å²) in [7, 11) is 0. The lowest BCUT2D eigenvalue weighted by Crippen LogP contribution is -2.25. The van der Waals surface area contributed by atoms with Gasteiger partial charge in [0.15, 0.2) is 0 Å². The first-order chi connectivity index (χ1) is 8.75. The monoisotopic (exact) mass is 266 g/mol. The Morgan fingerprint density at radius 2 is 1.53 bits per heavy atom. The van der Waals surface area contributed by atoms with Crippen molar-refractivity contribution >= 4 is 5.84 Å². The molecule has 0 aromatic heterocycles. The Bertz CT molecular complexity index is 300. The van der Waals surface area contributed by atoms with Crippen LogP contribution in [0.15, 0.2) is 4.99 Å². The van der Waals surface area contributed by atoms with Gasteiger partial charge in [-0.3, -0.25) is 4.99 Å². The topological polar surface area (TPSA) is 38.4 Å². The molecule has 0 bridgehead atoms. The maximum Gasteiger partial charge on any atom is 0.0946 e. The molecule has 2 heteroatoms. The summed E-state index contributed by atoms with van der Waals surface area (Å²) in [6.07, 6.45) is 5.94. The molecule has 0 aromatic carbocycles. The van der Waals surface area contributed by atoms with Crippen LogP contribution in [0.25, 0.3) is 0 Å². The highest BCUT2D eigenvalue weighted by Gasteiger charge is 2.47. The van der Waals surface area contributed by atoms with Gasteiger partial charge in [-0.15, -0.1) is 0 Å². The van der Waals surface area contributed by atoms with E-state index in [-0.39, 0.29) is 5.54 Å². The molecular weight excluding hydrogens is 232 g/mol. The SMILES string of the molecule is CC(C)CC(C)CC(N)=NC1(C(C)CC(C)C)CC1. The van der Waals surface area contributed by atoms with Crippen molar-refractivity contribution in [3.8, 4) is 0 Å². The van der Waals surface area contributed by atoms with Gasteiger partial charge >= 0.3 is 0 Å². The number of nitrogens with zero attached hydrogens (tertiary/aromatic N) is 1. The smallest absolute Gasteiger partial charge is 0.0946 e. The molecule has 1 aliphatic rings. The summed E-state index contributed by atoms with van der Waals surface area (Å²) in [5.74, 6) is 3.72. The molecule has 1 aliphatic carbocycles. The zero-order chi connectivity index (χ0) is 14.6. The van der Waals surface area contributed by atoms with Crippen LogP contribution >= 0.6 is 0 Å². The van der Waals surface area contributed by atoms with Gasteiger partial charge in [0.1, 0.15) is 0 Å². The van der Waals surface area contributed by atoms with Crippen LogP contribution in [-0.2, 0) is 0 Å². The first-order valence-corrected chi connectivity index (χ1v) is 8.09. The fraction of sp³-hybridized carbons (Fsp3) is 0.941. The summed E-state index contributed by atoms with van der Waals surface area (Å²) in [4.78, 5) is 4.91. The van der Waals surface area contributed by atoms with E-state index in [1.54, 1.807) is 0 Å². The van der Waals surface area contributed by atoms with Gasteiger partial charge in [-0.25, -0.2) is 0 Å². The van der Waals surface area contributed by atoms with Crippen molar-refractivity contribution in [3.63, 3.8) is 0 Å². The molecule has 2 unspecified atom stereocenters. The Morgan fingerprint density at radius 1 is 1.00 bits per heavy atom. The lowest BCUT2D eigenvalue weighted by molar-refractivity contribution is 0.358. The van der Waals surface area contributed by atoms with Crippen molar-refractivity contribution in [1.29, 1.82) is 0 Å². The fourth-order valence-corrected chi connectivity index (χ4v) is 3.35. The summed E-state index contributed by atoms with van der Waals surface area (Å²) in [5, 5.41) is 0. The maximum absolute atomic E-state index is 6.20. The van der Waals surface area contributed by atoms with Crippen molar-refractivity contribution in [2.24, 2.45) is 34.4 Å². The number of hydrogen-bond acceptors (Lipinski definition) is 1. The highest BCUT2D eigenvalue weighted by molar-refractivity contribution is 5.81. The van der Waals surface area contributed by atoms with Crippen LogP contribution in [0, 0.1) is 23.7 Å². The van der Waals surface area contributed by atoms with Gasteiger partial charge in [0.05, 0.1) is 11.4 Å². The molecule has 0 radical (unpaired) electrons. The minimum atomic E-state index is 0.200. The molecule has 1 fully saturated rings. The molecule has 1 saturated carbocycles. The molecule has 0 spiro atoms. The molecule has 2 atom stereocenters. The number of rotatable bonds is 8. The molecule has 2 N–H and O–H groups in total. The average molecular weight is 266 g/mol. The zero-order valence-electron chi connectivity index (χ0n) is 13.9. The summed E-state index contributed by atoms with van der Waals surface area (Å²) >= 11 is 0. The van der Waals surface area contributed by atoms with E-state index in [4.69, 9.17) is 10.7 Å². The van der Waals surface area contributed by atoms with Crippen molar-refractivity contribution in [3.05, 3.63) is 0 Å². The van der Waals surface area contributed by atoms with E-state index >= 15 is 0 Å². The summed E-state index contributed by atoms with van der Waals surface area (Å²) in [6.45, 7) is 13.8. The Balaban J connectivity index is 2.53. The molecule has 19 heavy (non-hydrogen) atoms. The summed E-state index contributed by atoms with van der Waals surface area (Å²) < 4.78 is 0. The van der Waals surface area contributed by atoms with Gasteiger partial charge in [0.25, 0.3) is 0 Å². The lowest BCUT2D eigenvalue weighted by Gasteiger charge is -2.23. The Kier molecular flexibility index (Phi) is 5.88. The molecule has 0 heterocycles. The Morgan fingerprint density at radius 3 is 1.95 bits per heavy atom. The number of aliphatic imine (C=N–C) groups is 1. The minimum absolute atomic E-state index is 0.200. The Labute approximate surface area is 120 Å². The molecule has 0 aromatic rings. The molecule has 1 rings (SSSR count). The van der Waals surface area contributed by atoms with E-state index in [1.807, 2.05) is 0 Å². The highest BCUT2D eigenvalue weighted by Crippen LogP contribution is 2.48. The van der Waals surface area contributed by atoms with E-state index in [0.29, 0.717) is 11.8 Å². The van der Waals surface area contributed by atoms with E-state index in [1.165, 1.54) is 25.7 Å². The summed E-state index contributed by atoms with van der Waals surface area (Å²) in [6, 6.07) is 0. The first kappa shape index (κ1) is 16.5. The third kappa shape index (κ3) is 5.54. The van der Waals surface area contributed by atoms with Crippen molar-refractivity contribution < 1.29 is 0 Å². The number of hydrogen-bond donors (Lipinski definition) is 1. The zero-order valence-corrected chi connectivity index (χ0v) is 13.9. The van der Waals surface area contributed by atoms with E-state index in [9.17, 15) is 0 Å². The first-order valence-electron chi connectivity index (χ1n) is 8.09. The van der Waals surface area contributed by atoms with Crippen LogP contribution in [0.5, 0.6) is 0 Å². The molecule has 2 nitrogen and oxygen atoms in total. The predicted octanol–water partition coefficient (Wildman–Crippen LogP) is 4.63. The third-order valence-electron chi connectivity index (χ3n) is 4.30. The van der Waals surface area contributed by atoms with Crippen LogP contribution in [0.4, 0.5) is 0 Å². The molecule has 0 aliphatic heterocycles. The Hall–Kier alpha value is -0.530. The minimum Gasteiger partial charge on any atom is -0.387 e. The second kappa shape index (κ2) is 6.76. The normalized spacial score (nSPS) is 21.8. The van der Waals surface area contributed by atoms with Gasteiger partial charge in [-0.05, 0) is 49.4 Å². The van der Waals surface area contributed by atoms with Gasteiger partial charge in [0.2, 0.25) is 0 Å². The van der Waals surface area contributed by atoms with Crippen LogP contribution in [0.1, 0.15) is 73.6 Å². The van der Waals surface area contributed by atoms with Crippen LogP contribution in [-0.4, -0.2) is 11.4 Å². The largest absolute Gasteiger partial charge is 0.387 e. The van der Waals surface area contributed by atoms with E-state index < -0.39 is 0 Å². The van der Waals surface area contributed by atoms with Crippen molar-refractivity contribution in [2.75, 3.05) is 0 Å². The van der Waals surface area contributed by atoms with Crippen molar-refractivity contribution in [2.45, 2.75) is 79.2 Å². The van der Waals surface area contributed by atoms with Crippen molar-refractivity contribution in [1.82, 2.24) is 0 Å². The number of amidine groups is 1. The van der Waals surface area contributed by atoms with Crippen LogP contribution in [0.3, 0.4) is 0 Å². The lowest BCUT2D eigenvalue weighted by atomic mass is 9.90. The van der Waals surface area contributed by atoms with Gasteiger partial charge in [-0.1, -0.05) is 41.5 Å². The molecular formula is C17H34N2. The summed E-state index contributed by atoms with van der Waals surface area (Å²) in [5.41, 5.74) is 6.40. The van der Waals surface area contributed by atoms with Crippen LogP contribution < -0.4 is 5.73 Å². The van der Waals surface area contributed by atoms with Gasteiger partial charge in [0, 0.05) is 6.42 Å². The fourth-order valence-electron chi connectivity index (χ4n) is 3.35. The second-order valence-electron chi connectivity index (χ2n) is 7.68.